The van der Waals surface area contributed by atoms with E-state index in [2.05, 4.69) is 5.32 Å². The van der Waals surface area contributed by atoms with Crippen molar-refractivity contribution in [2.45, 2.75) is 17.6 Å². The summed E-state index contributed by atoms with van der Waals surface area (Å²) in [5, 5.41) is 2.68. The van der Waals surface area contributed by atoms with E-state index >= 15 is 0 Å². The molecule has 0 aliphatic heterocycles. The molecule has 0 spiro atoms. The Labute approximate surface area is 153 Å². The number of alkyl halides is 2. The van der Waals surface area contributed by atoms with E-state index in [0.717, 1.165) is 0 Å². The number of halogens is 3. The lowest BCUT2D eigenvalue weighted by Crippen LogP contribution is -2.20. The van der Waals surface area contributed by atoms with Gasteiger partial charge in [0.1, 0.15) is 0 Å². The molecule has 2 rings (SSSR count). The Morgan fingerprint density at radius 1 is 1.16 bits per heavy atom. The maximum absolute atomic E-state index is 12.7. The Balaban J connectivity index is 2.03. The summed E-state index contributed by atoms with van der Waals surface area (Å²) in [6.45, 7) is 2.00. The van der Waals surface area contributed by atoms with Crippen LogP contribution >= 0.6 is 23.4 Å². The van der Waals surface area contributed by atoms with Crippen LogP contribution in [0.3, 0.4) is 0 Å². The van der Waals surface area contributed by atoms with Crippen LogP contribution in [0.15, 0.2) is 47.4 Å². The van der Waals surface area contributed by atoms with Crippen LogP contribution in [0.25, 0.3) is 0 Å². The van der Waals surface area contributed by atoms with E-state index in [9.17, 15) is 13.6 Å². The number of nitrogens with one attached hydrogen (secondary N) is 1. The number of carbonyl (C=O) groups excluding carboxylic acids is 1. The molecule has 134 valence electrons. The zero-order valence-corrected chi connectivity index (χ0v) is 14.9. The summed E-state index contributed by atoms with van der Waals surface area (Å²) in [5.74, 6) is -2.20. The van der Waals surface area contributed by atoms with Crippen molar-refractivity contribution in [1.29, 1.82) is 0 Å². The number of para-hydroxylation sites is 2. The Morgan fingerprint density at radius 2 is 1.84 bits per heavy atom. The number of thioether (sulfide) groups is 1. The highest BCUT2D eigenvalue weighted by Crippen LogP contribution is 2.37. The van der Waals surface area contributed by atoms with Gasteiger partial charge in [0, 0.05) is 0 Å². The van der Waals surface area contributed by atoms with Gasteiger partial charge < -0.3 is 14.8 Å². The van der Waals surface area contributed by atoms with Gasteiger partial charge in [0.2, 0.25) is 0 Å². The third-order valence-corrected chi connectivity index (χ3v) is 4.24. The molecular weight excluding hydrogens is 372 g/mol. The first-order valence-electron chi connectivity index (χ1n) is 7.39. The topological polar surface area (TPSA) is 47.6 Å². The van der Waals surface area contributed by atoms with Crippen molar-refractivity contribution in [3.8, 4) is 11.5 Å². The third-order valence-electron chi connectivity index (χ3n) is 2.96. The molecule has 2 aromatic carbocycles. The van der Waals surface area contributed by atoms with Gasteiger partial charge in [0.25, 0.3) is 11.7 Å². The predicted octanol–water partition coefficient (Wildman–Crippen LogP) is 5.07. The summed E-state index contributed by atoms with van der Waals surface area (Å²) in [7, 11) is 0. The van der Waals surface area contributed by atoms with Gasteiger partial charge in [-0.05, 0) is 31.2 Å². The van der Waals surface area contributed by atoms with Gasteiger partial charge in [-0.1, -0.05) is 41.6 Å². The summed E-state index contributed by atoms with van der Waals surface area (Å²) in [5.41, 5.74) is 0.212. The molecule has 0 aliphatic carbocycles. The molecule has 1 amide bonds. The molecule has 4 nitrogen and oxygen atoms in total. The number of ether oxygens (including phenoxy) is 2. The molecule has 0 fully saturated rings. The highest BCUT2D eigenvalue weighted by atomic mass is 35.5. The van der Waals surface area contributed by atoms with Crippen LogP contribution < -0.4 is 14.8 Å². The quantitative estimate of drug-likeness (QED) is 0.642. The maximum atomic E-state index is 12.7. The first-order chi connectivity index (χ1) is 12.0. The normalized spacial score (nSPS) is 10.6. The van der Waals surface area contributed by atoms with E-state index in [0.29, 0.717) is 18.1 Å². The number of hydrogen-bond donors (Lipinski definition) is 1. The van der Waals surface area contributed by atoms with Crippen molar-refractivity contribution in [2.75, 3.05) is 18.5 Å². The fourth-order valence-corrected chi connectivity index (χ4v) is 2.90. The molecule has 2 aromatic rings. The molecule has 0 radical (unpaired) electrons. The van der Waals surface area contributed by atoms with Gasteiger partial charge in [-0.3, -0.25) is 4.79 Å². The molecule has 0 unspecified atom stereocenters. The second-order valence-electron chi connectivity index (χ2n) is 4.71. The largest absolute Gasteiger partial charge is 0.490 e. The standard InChI is InChI=1S/C17H16ClF2NO3S/c1-2-23-13-8-3-4-9-14(13)24-10-15(22)21-12-7-5-6-11(18)16(12)25-17(19)20/h3-9,17H,2,10H2,1H3,(H,21,22). The van der Waals surface area contributed by atoms with E-state index in [4.69, 9.17) is 21.1 Å². The van der Waals surface area contributed by atoms with E-state index in [1.807, 2.05) is 6.92 Å². The lowest BCUT2D eigenvalue weighted by atomic mass is 10.3. The van der Waals surface area contributed by atoms with Crippen LogP contribution in [0.5, 0.6) is 11.5 Å². The molecule has 0 saturated heterocycles. The minimum absolute atomic E-state index is 0.113. The Kier molecular flexibility index (Phi) is 7.33. The molecule has 8 heteroatoms. The highest BCUT2D eigenvalue weighted by molar-refractivity contribution is 7.99. The molecule has 0 atom stereocenters. The molecule has 1 N–H and O–H groups in total. The van der Waals surface area contributed by atoms with Gasteiger partial charge in [-0.15, -0.1) is 0 Å². The number of rotatable bonds is 8. The number of hydrogen-bond acceptors (Lipinski definition) is 4. The number of anilines is 1. The Morgan fingerprint density at radius 3 is 2.48 bits per heavy atom. The zero-order chi connectivity index (χ0) is 18.2. The van der Waals surface area contributed by atoms with Crippen LogP contribution in [-0.4, -0.2) is 24.9 Å². The van der Waals surface area contributed by atoms with Crippen molar-refractivity contribution >= 4 is 35.0 Å². The van der Waals surface area contributed by atoms with Crippen LogP contribution in [0.1, 0.15) is 6.92 Å². The molecule has 25 heavy (non-hydrogen) atoms. The lowest BCUT2D eigenvalue weighted by molar-refractivity contribution is -0.118. The third kappa shape index (κ3) is 5.79. The van der Waals surface area contributed by atoms with Gasteiger partial charge in [-0.2, -0.15) is 8.78 Å². The first kappa shape index (κ1) is 19.3. The second kappa shape index (κ2) is 9.48. The average Bonchev–Trinajstić information content (AvgIpc) is 2.57. The van der Waals surface area contributed by atoms with Gasteiger partial charge in [-0.25, -0.2) is 0 Å². The summed E-state index contributed by atoms with van der Waals surface area (Å²) in [6.07, 6.45) is 0. The number of amides is 1. The minimum Gasteiger partial charge on any atom is -0.490 e. The smallest absolute Gasteiger partial charge is 0.289 e. The summed E-state index contributed by atoms with van der Waals surface area (Å²) < 4.78 is 36.2. The van der Waals surface area contributed by atoms with Crippen molar-refractivity contribution in [1.82, 2.24) is 0 Å². The lowest BCUT2D eigenvalue weighted by Gasteiger charge is -2.14. The summed E-state index contributed by atoms with van der Waals surface area (Å²) in [4.78, 5) is 12.2. The molecule has 0 aliphatic rings. The average molecular weight is 388 g/mol. The van der Waals surface area contributed by atoms with Gasteiger partial charge >= 0.3 is 0 Å². The van der Waals surface area contributed by atoms with Gasteiger partial charge in [0.05, 0.1) is 22.2 Å². The van der Waals surface area contributed by atoms with E-state index < -0.39 is 11.7 Å². The number of carbonyl (C=O) groups is 1. The van der Waals surface area contributed by atoms with E-state index in [1.54, 1.807) is 30.3 Å². The van der Waals surface area contributed by atoms with Crippen LogP contribution in [-0.2, 0) is 4.79 Å². The summed E-state index contributed by atoms with van der Waals surface area (Å²) >= 11 is 6.21. The molecule has 0 saturated carbocycles. The predicted molar refractivity (Wildman–Crippen MR) is 95.0 cm³/mol. The van der Waals surface area contributed by atoms with Crippen molar-refractivity contribution in [3.05, 3.63) is 47.5 Å². The maximum Gasteiger partial charge on any atom is 0.289 e. The zero-order valence-electron chi connectivity index (χ0n) is 13.3. The van der Waals surface area contributed by atoms with Crippen molar-refractivity contribution in [2.24, 2.45) is 0 Å². The fourth-order valence-electron chi connectivity index (χ4n) is 1.99. The molecule has 0 aromatic heterocycles. The fraction of sp³-hybridized carbons (Fsp3) is 0.235. The van der Waals surface area contributed by atoms with Crippen LogP contribution in [0.2, 0.25) is 5.02 Å². The highest BCUT2D eigenvalue weighted by Gasteiger charge is 2.16. The monoisotopic (exact) mass is 387 g/mol. The minimum atomic E-state index is -2.65. The SMILES string of the molecule is CCOc1ccccc1OCC(=O)Nc1cccc(Cl)c1SC(F)F. The van der Waals surface area contributed by atoms with Crippen LogP contribution in [0.4, 0.5) is 14.5 Å². The van der Waals surface area contributed by atoms with Crippen LogP contribution in [0, 0.1) is 0 Å². The van der Waals surface area contributed by atoms with E-state index in [-0.39, 0.29) is 34.0 Å². The summed E-state index contributed by atoms with van der Waals surface area (Å²) in [6, 6.07) is 11.5. The van der Waals surface area contributed by atoms with Gasteiger partial charge in [0.15, 0.2) is 18.1 Å². The van der Waals surface area contributed by atoms with Crippen molar-refractivity contribution in [3.63, 3.8) is 0 Å². The number of benzene rings is 2. The van der Waals surface area contributed by atoms with Crippen molar-refractivity contribution < 1.29 is 23.0 Å². The Hall–Kier alpha value is -1.99. The Bertz CT molecular complexity index is 731. The van der Waals surface area contributed by atoms with E-state index in [1.165, 1.54) is 12.1 Å². The second-order valence-corrected chi connectivity index (χ2v) is 6.12. The molecular formula is C17H16ClF2NO3S. The molecule has 0 bridgehead atoms. The first-order valence-corrected chi connectivity index (χ1v) is 8.64. The molecule has 0 heterocycles.